The van der Waals surface area contributed by atoms with E-state index in [1.54, 1.807) is 0 Å². The molecule has 0 radical (unpaired) electrons. The summed E-state index contributed by atoms with van der Waals surface area (Å²) in [7, 11) is 0. The summed E-state index contributed by atoms with van der Waals surface area (Å²) in [5, 5.41) is 6.67. The molecule has 2 amide bonds. The molecule has 0 aromatic heterocycles. The number of carbonyl (C=O) groups excluding carboxylic acids is 1. The van der Waals surface area contributed by atoms with Crippen LogP contribution in [0.3, 0.4) is 0 Å². The van der Waals surface area contributed by atoms with E-state index in [9.17, 15) is 4.79 Å². The fraction of sp³-hybridized carbons (Fsp3) is 0.500. The van der Waals surface area contributed by atoms with Gasteiger partial charge < -0.3 is 10.6 Å². The third kappa shape index (κ3) is 3.16. The van der Waals surface area contributed by atoms with Crippen molar-refractivity contribution in [2.45, 2.75) is 32.2 Å². The van der Waals surface area contributed by atoms with Gasteiger partial charge in [-0.3, -0.25) is 0 Å². The molecule has 1 aliphatic carbocycles. The first-order valence-electron chi connectivity index (χ1n) is 6.34. The number of benzene rings is 1. The standard InChI is InChI=1S/C14H19ClN2O/c1-10(2)9-16-13(18)17-14(7-8-14)11-3-5-12(15)6-4-11/h3-6,10H,7-9H2,1-2H3,(H2,16,17,18). The molecule has 2 rings (SSSR count). The van der Waals surface area contributed by atoms with Crippen LogP contribution in [-0.4, -0.2) is 12.6 Å². The second kappa shape index (κ2) is 5.19. The molecule has 0 spiro atoms. The topological polar surface area (TPSA) is 41.1 Å². The lowest BCUT2D eigenvalue weighted by atomic mass is 10.1. The predicted molar refractivity (Wildman–Crippen MR) is 73.7 cm³/mol. The lowest BCUT2D eigenvalue weighted by Crippen LogP contribution is -2.43. The van der Waals surface area contributed by atoms with E-state index in [0.717, 1.165) is 23.4 Å². The molecular weight excluding hydrogens is 248 g/mol. The molecule has 0 bridgehead atoms. The van der Waals surface area contributed by atoms with Gasteiger partial charge in [-0.15, -0.1) is 0 Å². The first-order chi connectivity index (χ1) is 8.52. The lowest BCUT2D eigenvalue weighted by Gasteiger charge is -2.19. The van der Waals surface area contributed by atoms with E-state index in [2.05, 4.69) is 24.5 Å². The van der Waals surface area contributed by atoms with E-state index < -0.39 is 0 Å². The maximum Gasteiger partial charge on any atom is 0.315 e. The largest absolute Gasteiger partial charge is 0.338 e. The molecule has 2 N–H and O–H groups in total. The average molecular weight is 267 g/mol. The summed E-state index contributed by atoms with van der Waals surface area (Å²) in [5.74, 6) is 0.460. The highest BCUT2D eigenvalue weighted by Crippen LogP contribution is 2.45. The van der Waals surface area contributed by atoms with Crippen LogP contribution < -0.4 is 10.6 Å². The fourth-order valence-electron chi connectivity index (χ4n) is 1.94. The zero-order chi connectivity index (χ0) is 13.2. The van der Waals surface area contributed by atoms with Crippen LogP contribution in [0.25, 0.3) is 0 Å². The molecule has 1 aromatic rings. The number of carbonyl (C=O) groups is 1. The highest BCUT2D eigenvalue weighted by molar-refractivity contribution is 6.30. The summed E-state index contributed by atoms with van der Waals surface area (Å²) in [4.78, 5) is 11.8. The second-order valence-electron chi connectivity index (χ2n) is 5.32. The number of amides is 2. The maximum atomic E-state index is 11.8. The molecule has 0 atom stereocenters. The molecule has 18 heavy (non-hydrogen) atoms. The monoisotopic (exact) mass is 266 g/mol. The molecule has 98 valence electrons. The van der Waals surface area contributed by atoms with Gasteiger partial charge in [0, 0.05) is 11.6 Å². The molecule has 0 saturated heterocycles. The molecule has 0 aliphatic heterocycles. The quantitative estimate of drug-likeness (QED) is 0.863. The Morgan fingerprint density at radius 1 is 1.33 bits per heavy atom. The van der Waals surface area contributed by atoms with Crippen LogP contribution in [0.15, 0.2) is 24.3 Å². The predicted octanol–water partition coefficient (Wildman–Crippen LogP) is 3.28. The van der Waals surface area contributed by atoms with Gasteiger partial charge in [-0.05, 0) is 36.5 Å². The SMILES string of the molecule is CC(C)CNC(=O)NC1(c2ccc(Cl)cc2)CC1. The van der Waals surface area contributed by atoms with Gasteiger partial charge in [0.25, 0.3) is 0 Å². The van der Waals surface area contributed by atoms with E-state index in [0.29, 0.717) is 12.5 Å². The van der Waals surface area contributed by atoms with E-state index >= 15 is 0 Å². The number of nitrogens with one attached hydrogen (secondary N) is 2. The van der Waals surface area contributed by atoms with Crippen LogP contribution in [0.1, 0.15) is 32.3 Å². The Balaban J connectivity index is 1.96. The van der Waals surface area contributed by atoms with Crippen LogP contribution in [-0.2, 0) is 5.54 Å². The Bertz CT molecular complexity index is 424. The Morgan fingerprint density at radius 2 is 1.94 bits per heavy atom. The summed E-state index contributed by atoms with van der Waals surface area (Å²) >= 11 is 5.87. The van der Waals surface area contributed by atoms with Crippen LogP contribution in [0, 0.1) is 5.92 Å². The van der Waals surface area contributed by atoms with Crippen LogP contribution >= 0.6 is 11.6 Å². The van der Waals surface area contributed by atoms with Gasteiger partial charge in [-0.1, -0.05) is 37.6 Å². The Hall–Kier alpha value is -1.22. The van der Waals surface area contributed by atoms with Crippen molar-refractivity contribution in [1.29, 1.82) is 0 Å². The number of halogens is 1. The molecule has 0 heterocycles. The Kier molecular flexibility index (Phi) is 3.81. The average Bonchev–Trinajstić information content (AvgIpc) is 3.08. The minimum Gasteiger partial charge on any atom is -0.338 e. The van der Waals surface area contributed by atoms with E-state index in [1.807, 2.05) is 24.3 Å². The summed E-state index contributed by atoms with van der Waals surface area (Å²) in [6, 6.07) is 7.61. The van der Waals surface area contributed by atoms with Gasteiger partial charge in [0.15, 0.2) is 0 Å². The van der Waals surface area contributed by atoms with Crippen molar-refractivity contribution in [2.75, 3.05) is 6.54 Å². The van der Waals surface area contributed by atoms with Crippen LogP contribution in [0.5, 0.6) is 0 Å². The maximum absolute atomic E-state index is 11.8. The smallest absolute Gasteiger partial charge is 0.315 e. The van der Waals surface area contributed by atoms with Gasteiger partial charge >= 0.3 is 6.03 Å². The molecule has 4 heteroatoms. The van der Waals surface area contributed by atoms with Crippen molar-refractivity contribution in [3.63, 3.8) is 0 Å². The Morgan fingerprint density at radius 3 is 2.44 bits per heavy atom. The van der Waals surface area contributed by atoms with E-state index in [4.69, 9.17) is 11.6 Å². The van der Waals surface area contributed by atoms with Gasteiger partial charge in [-0.25, -0.2) is 4.79 Å². The van der Waals surface area contributed by atoms with E-state index in [-0.39, 0.29) is 11.6 Å². The number of urea groups is 1. The van der Waals surface area contributed by atoms with Crippen molar-refractivity contribution in [1.82, 2.24) is 10.6 Å². The summed E-state index contributed by atoms with van der Waals surface area (Å²) in [6.07, 6.45) is 1.98. The highest BCUT2D eigenvalue weighted by Gasteiger charge is 2.45. The number of rotatable bonds is 4. The van der Waals surface area contributed by atoms with Crippen molar-refractivity contribution in [3.05, 3.63) is 34.9 Å². The molecule has 1 fully saturated rings. The van der Waals surface area contributed by atoms with Gasteiger partial charge in [0.2, 0.25) is 0 Å². The normalized spacial score (nSPS) is 16.4. The van der Waals surface area contributed by atoms with Gasteiger partial charge in [0.05, 0.1) is 5.54 Å². The summed E-state index contributed by atoms with van der Waals surface area (Å²) in [5.41, 5.74) is 0.956. The second-order valence-corrected chi connectivity index (χ2v) is 5.75. The zero-order valence-electron chi connectivity index (χ0n) is 10.8. The summed E-state index contributed by atoms with van der Waals surface area (Å²) < 4.78 is 0. The first kappa shape index (κ1) is 13.2. The molecule has 1 aliphatic rings. The first-order valence-corrected chi connectivity index (χ1v) is 6.72. The lowest BCUT2D eigenvalue weighted by molar-refractivity contribution is 0.234. The molecule has 3 nitrogen and oxygen atoms in total. The number of hydrogen-bond acceptors (Lipinski definition) is 1. The van der Waals surface area contributed by atoms with E-state index in [1.165, 1.54) is 0 Å². The highest BCUT2D eigenvalue weighted by atomic mass is 35.5. The Labute approximate surface area is 113 Å². The van der Waals surface area contributed by atoms with Crippen LogP contribution in [0.4, 0.5) is 4.79 Å². The summed E-state index contributed by atoms with van der Waals surface area (Å²) in [6.45, 7) is 4.85. The molecular formula is C14H19ClN2O. The fourth-order valence-corrected chi connectivity index (χ4v) is 2.06. The minimum atomic E-state index is -0.175. The third-order valence-corrected chi connectivity index (χ3v) is 3.42. The molecule has 1 aromatic carbocycles. The van der Waals surface area contributed by atoms with Gasteiger partial charge in [-0.2, -0.15) is 0 Å². The van der Waals surface area contributed by atoms with Crippen molar-refractivity contribution in [2.24, 2.45) is 5.92 Å². The zero-order valence-corrected chi connectivity index (χ0v) is 11.6. The van der Waals surface area contributed by atoms with Crippen LogP contribution in [0.2, 0.25) is 5.02 Å². The van der Waals surface area contributed by atoms with Crippen molar-refractivity contribution >= 4 is 17.6 Å². The van der Waals surface area contributed by atoms with Crippen molar-refractivity contribution < 1.29 is 4.79 Å². The van der Waals surface area contributed by atoms with Crippen molar-refractivity contribution in [3.8, 4) is 0 Å². The minimum absolute atomic E-state index is 0.0869. The third-order valence-electron chi connectivity index (χ3n) is 3.17. The molecule has 1 saturated carbocycles. The molecule has 0 unspecified atom stereocenters. The van der Waals surface area contributed by atoms with Gasteiger partial charge in [0.1, 0.15) is 0 Å². The number of hydrogen-bond donors (Lipinski definition) is 2.